The van der Waals surface area contributed by atoms with E-state index >= 15 is 0 Å². The Bertz CT molecular complexity index is 384. The van der Waals surface area contributed by atoms with E-state index in [0.29, 0.717) is 37.6 Å². The molecule has 0 aliphatic carbocycles. The molecule has 1 fully saturated rings. The van der Waals surface area contributed by atoms with Crippen LogP contribution in [0.1, 0.15) is 19.7 Å². The van der Waals surface area contributed by atoms with E-state index in [0.717, 1.165) is 0 Å². The maximum Gasteiger partial charge on any atom is 0.318 e. The number of nitrogens with zero attached hydrogens (tertiary/aromatic N) is 3. The van der Waals surface area contributed by atoms with Crippen LogP contribution in [0.2, 0.25) is 0 Å². The van der Waals surface area contributed by atoms with Gasteiger partial charge in [0.05, 0.1) is 19.6 Å². The van der Waals surface area contributed by atoms with Crippen molar-refractivity contribution in [1.82, 2.24) is 15.5 Å². The highest BCUT2D eigenvalue weighted by atomic mass is 16.5. The molecule has 2 rings (SSSR count). The lowest BCUT2D eigenvalue weighted by Gasteiger charge is -2.13. The first-order valence-corrected chi connectivity index (χ1v) is 6.50. The van der Waals surface area contributed by atoms with Gasteiger partial charge in [-0.05, 0) is 0 Å². The fourth-order valence-electron chi connectivity index (χ4n) is 2.09. The molecule has 7 nitrogen and oxygen atoms in total. The number of anilines is 1. The van der Waals surface area contributed by atoms with Crippen LogP contribution in [0.3, 0.4) is 0 Å². The number of hydrogen-bond donors (Lipinski definition) is 1. The van der Waals surface area contributed by atoms with E-state index in [9.17, 15) is 0 Å². The van der Waals surface area contributed by atoms with Gasteiger partial charge in [0.1, 0.15) is 12.2 Å². The molecule has 1 aliphatic rings. The van der Waals surface area contributed by atoms with Gasteiger partial charge in [-0.1, -0.05) is 18.9 Å². The lowest BCUT2D eigenvalue weighted by molar-refractivity contribution is -0.00461. The predicted octanol–water partition coefficient (Wildman–Crippen LogP) is 0.418. The molecule has 1 aromatic rings. The van der Waals surface area contributed by atoms with Crippen molar-refractivity contribution in [2.75, 3.05) is 32.2 Å². The molecule has 0 spiro atoms. The fraction of sp³-hybridized carbons (Fsp3) is 0.833. The van der Waals surface area contributed by atoms with Crippen molar-refractivity contribution >= 4 is 6.01 Å². The maximum atomic E-state index is 5.63. The standard InChI is InChI=1S/C12H22N4O3/c1-8(2)13-5-11-14-15-12(19-11)16-6-9(17-3)10(7-16)18-4/h8-10,13H,5-7H2,1-4H3. The molecule has 0 amide bonds. The molecule has 2 atom stereocenters. The van der Waals surface area contributed by atoms with Crippen LogP contribution in [-0.4, -0.2) is 55.8 Å². The van der Waals surface area contributed by atoms with Gasteiger partial charge >= 0.3 is 6.01 Å². The van der Waals surface area contributed by atoms with Crippen molar-refractivity contribution in [3.8, 4) is 0 Å². The van der Waals surface area contributed by atoms with Crippen LogP contribution >= 0.6 is 0 Å². The fourth-order valence-corrected chi connectivity index (χ4v) is 2.09. The third-order valence-corrected chi connectivity index (χ3v) is 3.21. The van der Waals surface area contributed by atoms with Gasteiger partial charge in [0.15, 0.2) is 0 Å². The van der Waals surface area contributed by atoms with E-state index in [4.69, 9.17) is 13.9 Å². The molecule has 108 valence electrons. The molecule has 1 N–H and O–H groups in total. The molecule has 0 bridgehead atoms. The molecule has 0 radical (unpaired) electrons. The Balaban J connectivity index is 1.95. The average Bonchev–Trinajstić information content (AvgIpc) is 3.02. The maximum absolute atomic E-state index is 5.63. The summed E-state index contributed by atoms with van der Waals surface area (Å²) in [5, 5.41) is 11.3. The van der Waals surface area contributed by atoms with Crippen LogP contribution < -0.4 is 10.2 Å². The van der Waals surface area contributed by atoms with Gasteiger partial charge in [0.2, 0.25) is 5.89 Å². The van der Waals surface area contributed by atoms with Crippen LogP contribution in [0.15, 0.2) is 4.42 Å². The lowest BCUT2D eigenvalue weighted by atomic mass is 10.3. The number of nitrogens with one attached hydrogen (secondary N) is 1. The SMILES string of the molecule is COC1CN(c2nnc(CNC(C)C)o2)CC1OC. The first-order valence-electron chi connectivity index (χ1n) is 6.50. The molecule has 0 saturated carbocycles. The van der Waals surface area contributed by atoms with Crippen molar-refractivity contribution in [3.05, 3.63) is 5.89 Å². The second-order valence-corrected chi connectivity index (χ2v) is 4.97. The molecule has 2 heterocycles. The Morgan fingerprint density at radius 2 is 1.89 bits per heavy atom. The van der Waals surface area contributed by atoms with Gasteiger partial charge in [-0.3, -0.25) is 0 Å². The number of aromatic nitrogens is 2. The van der Waals surface area contributed by atoms with Crippen molar-refractivity contribution < 1.29 is 13.9 Å². The van der Waals surface area contributed by atoms with Crippen molar-refractivity contribution in [1.29, 1.82) is 0 Å². The van der Waals surface area contributed by atoms with Gasteiger partial charge in [-0.15, -0.1) is 5.10 Å². The minimum Gasteiger partial charge on any atom is -0.407 e. The molecule has 1 saturated heterocycles. The number of rotatable bonds is 6. The average molecular weight is 270 g/mol. The topological polar surface area (TPSA) is 72.7 Å². The summed E-state index contributed by atoms with van der Waals surface area (Å²) in [5.74, 6) is 0.596. The zero-order chi connectivity index (χ0) is 13.8. The second kappa shape index (κ2) is 6.31. The van der Waals surface area contributed by atoms with E-state index < -0.39 is 0 Å². The summed E-state index contributed by atoms with van der Waals surface area (Å²) in [5.41, 5.74) is 0. The van der Waals surface area contributed by atoms with Gasteiger partial charge in [-0.25, -0.2) is 0 Å². The summed E-state index contributed by atoms with van der Waals surface area (Å²) in [7, 11) is 3.37. The van der Waals surface area contributed by atoms with Crippen molar-refractivity contribution in [2.24, 2.45) is 0 Å². The highest BCUT2D eigenvalue weighted by molar-refractivity contribution is 5.28. The summed E-state index contributed by atoms with van der Waals surface area (Å²) in [4.78, 5) is 1.99. The first-order chi connectivity index (χ1) is 9.13. The van der Waals surface area contributed by atoms with E-state index in [1.807, 2.05) is 4.90 Å². The largest absolute Gasteiger partial charge is 0.407 e. The zero-order valence-corrected chi connectivity index (χ0v) is 11.9. The summed E-state index contributed by atoms with van der Waals surface area (Å²) >= 11 is 0. The number of ether oxygens (including phenoxy) is 2. The lowest BCUT2D eigenvalue weighted by Crippen LogP contribution is -2.27. The Morgan fingerprint density at radius 3 is 2.42 bits per heavy atom. The zero-order valence-electron chi connectivity index (χ0n) is 11.9. The smallest absolute Gasteiger partial charge is 0.318 e. The normalized spacial score (nSPS) is 23.5. The van der Waals surface area contributed by atoms with Crippen LogP contribution in [0.4, 0.5) is 6.01 Å². The highest BCUT2D eigenvalue weighted by Crippen LogP contribution is 2.22. The summed E-state index contributed by atoms with van der Waals surface area (Å²) in [6, 6.07) is 0.917. The number of hydrogen-bond acceptors (Lipinski definition) is 7. The monoisotopic (exact) mass is 270 g/mol. The molecule has 7 heteroatoms. The molecule has 19 heavy (non-hydrogen) atoms. The Hall–Kier alpha value is -1.18. The summed E-state index contributed by atoms with van der Waals surface area (Å²) in [6.07, 6.45) is 0.0725. The summed E-state index contributed by atoms with van der Waals surface area (Å²) < 4.78 is 16.4. The Morgan fingerprint density at radius 1 is 1.26 bits per heavy atom. The molecule has 0 aromatic carbocycles. The van der Waals surface area contributed by atoms with Crippen molar-refractivity contribution in [2.45, 2.75) is 38.6 Å². The van der Waals surface area contributed by atoms with Gasteiger partial charge in [0, 0.05) is 20.3 Å². The van der Waals surface area contributed by atoms with E-state index in [1.165, 1.54) is 0 Å². The van der Waals surface area contributed by atoms with E-state index in [2.05, 4.69) is 29.4 Å². The third kappa shape index (κ3) is 3.43. The Labute approximate surface area is 113 Å². The third-order valence-electron chi connectivity index (χ3n) is 3.21. The van der Waals surface area contributed by atoms with Crippen LogP contribution in [-0.2, 0) is 16.0 Å². The van der Waals surface area contributed by atoms with Gasteiger partial charge in [0.25, 0.3) is 0 Å². The summed E-state index contributed by atoms with van der Waals surface area (Å²) in [6.45, 7) is 6.14. The number of methoxy groups -OCH3 is 2. The first kappa shape index (κ1) is 14.2. The predicted molar refractivity (Wildman–Crippen MR) is 70.1 cm³/mol. The molecular formula is C12H22N4O3. The quantitative estimate of drug-likeness (QED) is 0.803. The molecule has 1 aromatic heterocycles. The van der Waals surface area contributed by atoms with Crippen molar-refractivity contribution in [3.63, 3.8) is 0 Å². The van der Waals surface area contributed by atoms with E-state index in [1.54, 1.807) is 14.2 Å². The minimum absolute atomic E-state index is 0.0362. The van der Waals surface area contributed by atoms with Gasteiger partial charge in [-0.2, -0.15) is 0 Å². The van der Waals surface area contributed by atoms with Crippen LogP contribution in [0.5, 0.6) is 0 Å². The van der Waals surface area contributed by atoms with Crippen LogP contribution in [0, 0.1) is 0 Å². The van der Waals surface area contributed by atoms with Crippen LogP contribution in [0.25, 0.3) is 0 Å². The second-order valence-electron chi connectivity index (χ2n) is 4.97. The highest BCUT2D eigenvalue weighted by Gasteiger charge is 2.35. The molecule has 1 aliphatic heterocycles. The van der Waals surface area contributed by atoms with Gasteiger partial charge < -0.3 is 24.1 Å². The Kier molecular flexibility index (Phi) is 4.73. The van der Waals surface area contributed by atoms with E-state index in [-0.39, 0.29) is 12.2 Å². The molecule has 2 unspecified atom stereocenters. The molecular weight excluding hydrogens is 248 g/mol. The minimum atomic E-state index is 0.0362.